The molecule has 100 valence electrons. The second kappa shape index (κ2) is 5.39. The van der Waals surface area contributed by atoms with Gasteiger partial charge in [-0.15, -0.1) is 0 Å². The van der Waals surface area contributed by atoms with Crippen LogP contribution in [0.3, 0.4) is 0 Å². The van der Waals surface area contributed by atoms with Crippen LogP contribution in [0.25, 0.3) is 0 Å². The van der Waals surface area contributed by atoms with E-state index in [1.165, 1.54) is 0 Å². The Morgan fingerprint density at radius 3 is 2.94 bits per heavy atom. The first kappa shape index (κ1) is 12.9. The molecule has 0 bridgehead atoms. The van der Waals surface area contributed by atoms with Gasteiger partial charge in [-0.3, -0.25) is 9.89 Å². The van der Waals surface area contributed by atoms with Gasteiger partial charge in [-0.25, -0.2) is 0 Å². The van der Waals surface area contributed by atoms with E-state index >= 15 is 0 Å². The first-order valence-corrected chi connectivity index (χ1v) is 6.34. The zero-order chi connectivity index (χ0) is 13.1. The minimum absolute atomic E-state index is 0.130. The predicted molar refractivity (Wildman–Crippen MR) is 68.3 cm³/mol. The molecule has 2 rings (SSSR count). The molecule has 6 heteroatoms. The Labute approximate surface area is 106 Å². The lowest BCUT2D eigenvalue weighted by Gasteiger charge is -2.23. The first-order valence-electron chi connectivity index (χ1n) is 6.34. The van der Waals surface area contributed by atoms with Gasteiger partial charge in [-0.05, 0) is 26.7 Å². The van der Waals surface area contributed by atoms with Crippen LogP contribution in [0.2, 0.25) is 0 Å². The van der Waals surface area contributed by atoms with Crippen LogP contribution in [0.5, 0.6) is 0 Å². The second-order valence-electron chi connectivity index (χ2n) is 4.59. The van der Waals surface area contributed by atoms with Crippen molar-refractivity contribution >= 4 is 11.6 Å². The number of H-pyrrole nitrogens is 1. The zero-order valence-electron chi connectivity index (χ0n) is 10.9. The van der Waals surface area contributed by atoms with Gasteiger partial charge in [0, 0.05) is 19.7 Å². The molecule has 1 aromatic rings. The van der Waals surface area contributed by atoms with E-state index in [2.05, 4.69) is 10.2 Å². The van der Waals surface area contributed by atoms with Crippen LogP contribution < -0.4 is 5.73 Å². The quantitative estimate of drug-likeness (QED) is 0.835. The maximum absolute atomic E-state index is 12.3. The fraction of sp³-hybridized carbons (Fsp3) is 0.667. The summed E-state index contributed by atoms with van der Waals surface area (Å²) >= 11 is 0. The summed E-state index contributed by atoms with van der Waals surface area (Å²) in [7, 11) is 0. The molecule has 0 saturated carbocycles. The Balaban J connectivity index is 2.07. The minimum atomic E-state index is -0.130. The molecule has 6 nitrogen and oxygen atoms in total. The Bertz CT molecular complexity index is 424. The standard InChI is InChI=1S/C12H20N4O2/c1-3-16(7-9-5-4-6-18-9)12(17)11-10(13)8(2)14-15-11/h9H,3-7,13H2,1-2H3,(H,14,15). The van der Waals surface area contributed by atoms with E-state index in [4.69, 9.17) is 10.5 Å². The molecule has 1 unspecified atom stereocenters. The fourth-order valence-corrected chi connectivity index (χ4v) is 2.14. The van der Waals surface area contributed by atoms with Gasteiger partial charge in [0.1, 0.15) is 0 Å². The average molecular weight is 252 g/mol. The molecular weight excluding hydrogens is 232 g/mol. The number of nitrogens with zero attached hydrogens (tertiary/aromatic N) is 2. The summed E-state index contributed by atoms with van der Waals surface area (Å²) in [5.41, 5.74) is 7.31. The van der Waals surface area contributed by atoms with Crippen molar-refractivity contribution in [3.8, 4) is 0 Å². The van der Waals surface area contributed by atoms with E-state index in [1.54, 1.807) is 11.8 Å². The Morgan fingerprint density at radius 1 is 1.67 bits per heavy atom. The van der Waals surface area contributed by atoms with Crippen LogP contribution in [-0.4, -0.2) is 46.8 Å². The first-order chi connectivity index (χ1) is 8.63. The highest BCUT2D eigenvalue weighted by Crippen LogP contribution is 2.18. The number of nitrogens with two attached hydrogens (primary N) is 1. The van der Waals surface area contributed by atoms with Crippen LogP contribution in [0.1, 0.15) is 35.9 Å². The molecule has 1 aromatic heterocycles. The number of anilines is 1. The molecule has 1 amide bonds. The highest BCUT2D eigenvalue weighted by molar-refractivity contribution is 5.97. The van der Waals surface area contributed by atoms with Crippen LogP contribution in [0.15, 0.2) is 0 Å². The maximum atomic E-state index is 12.3. The van der Waals surface area contributed by atoms with Crippen molar-refractivity contribution < 1.29 is 9.53 Å². The molecule has 1 fully saturated rings. The van der Waals surface area contributed by atoms with Gasteiger partial charge in [-0.1, -0.05) is 0 Å². The lowest BCUT2D eigenvalue weighted by atomic mass is 10.2. The SMILES string of the molecule is CCN(CC1CCCO1)C(=O)c1n[nH]c(C)c1N. The third-order valence-corrected chi connectivity index (χ3v) is 3.31. The number of rotatable bonds is 4. The average Bonchev–Trinajstić information content (AvgIpc) is 2.98. The van der Waals surface area contributed by atoms with Crippen LogP contribution in [0.4, 0.5) is 5.69 Å². The van der Waals surface area contributed by atoms with Gasteiger partial charge < -0.3 is 15.4 Å². The lowest BCUT2D eigenvalue weighted by molar-refractivity contribution is 0.0535. The molecule has 3 N–H and O–H groups in total. The molecule has 0 aromatic carbocycles. The van der Waals surface area contributed by atoms with Crippen molar-refractivity contribution in [3.05, 3.63) is 11.4 Å². The summed E-state index contributed by atoms with van der Waals surface area (Å²) in [6.07, 6.45) is 2.23. The minimum Gasteiger partial charge on any atom is -0.395 e. The maximum Gasteiger partial charge on any atom is 0.276 e. The molecule has 18 heavy (non-hydrogen) atoms. The number of aromatic amines is 1. The number of nitrogen functional groups attached to an aromatic ring is 1. The molecule has 0 spiro atoms. The summed E-state index contributed by atoms with van der Waals surface area (Å²) in [6, 6.07) is 0. The number of amides is 1. The van der Waals surface area contributed by atoms with Gasteiger partial charge in [0.05, 0.1) is 17.5 Å². The van der Waals surface area contributed by atoms with Crippen molar-refractivity contribution in [1.82, 2.24) is 15.1 Å². The lowest BCUT2D eigenvalue weighted by Crippen LogP contribution is -2.37. The highest BCUT2D eigenvalue weighted by atomic mass is 16.5. The number of hydrogen-bond donors (Lipinski definition) is 2. The van der Waals surface area contributed by atoms with Crippen LogP contribution in [-0.2, 0) is 4.74 Å². The summed E-state index contributed by atoms with van der Waals surface area (Å²) in [6.45, 7) is 5.78. The molecule has 1 atom stereocenters. The number of carbonyl (C=O) groups is 1. The van der Waals surface area contributed by atoms with Crippen LogP contribution >= 0.6 is 0 Å². The predicted octanol–water partition coefficient (Wildman–Crippen LogP) is 0.941. The molecular formula is C12H20N4O2. The third kappa shape index (κ3) is 2.48. The van der Waals surface area contributed by atoms with Gasteiger partial charge >= 0.3 is 0 Å². The molecule has 1 aliphatic heterocycles. The largest absolute Gasteiger partial charge is 0.395 e. The van der Waals surface area contributed by atoms with Crippen molar-refractivity contribution in [3.63, 3.8) is 0 Å². The van der Waals surface area contributed by atoms with E-state index in [0.29, 0.717) is 24.5 Å². The molecule has 2 heterocycles. The van der Waals surface area contributed by atoms with Crippen molar-refractivity contribution in [2.45, 2.75) is 32.8 Å². The number of carbonyl (C=O) groups excluding carboxylic acids is 1. The number of nitrogens with one attached hydrogen (secondary N) is 1. The van der Waals surface area contributed by atoms with E-state index in [9.17, 15) is 4.79 Å². The van der Waals surface area contributed by atoms with E-state index in [1.807, 2.05) is 6.92 Å². The summed E-state index contributed by atoms with van der Waals surface area (Å²) in [5, 5.41) is 6.71. The van der Waals surface area contributed by atoms with Crippen LogP contribution in [0, 0.1) is 6.92 Å². The van der Waals surface area contributed by atoms with Crippen molar-refractivity contribution in [2.24, 2.45) is 0 Å². The molecule has 1 saturated heterocycles. The number of aryl methyl sites for hydroxylation is 1. The number of likely N-dealkylation sites (N-methyl/N-ethyl adjacent to an activating group) is 1. The fourth-order valence-electron chi connectivity index (χ4n) is 2.14. The number of ether oxygens (including phenoxy) is 1. The number of hydrogen-bond acceptors (Lipinski definition) is 4. The normalized spacial score (nSPS) is 19.1. The summed E-state index contributed by atoms with van der Waals surface area (Å²) in [4.78, 5) is 14.0. The highest BCUT2D eigenvalue weighted by Gasteiger charge is 2.25. The molecule has 1 aliphatic rings. The third-order valence-electron chi connectivity index (χ3n) is 3.31. The monoisotopic (exact) mass is 252 g/mol. The van der Waals surface area contributed by atoms with Gasteiger partial charge in [0.2, 0.25) is 0 Å². The Hall–Kier alpha value is -1.56. The van der Waals surface area contributed by atoms with Gasteiger partial charge in [0.25, 0.3) is 5.91 Å². The molecule has 0 radical (unpaired) electrons. The zero-order valence-corrected chi connectivity index (χ0v) is 10.9. The Morgan fingerprint density at radius 2 is 2.44 bits per heavy atom. The number of aromatic nitrogens is 2. The second-order valence-corrected chi connectivity index (χ2v) is 4.59. The molecule has 0 aliphatic carbocycles. The van der Waals surface area contributed by atoms with E-state index in [0.717, 1.165) is 25.1 Å². The summed E-state index contributed by atoms with van der Waals surface area (Å²) in [5.74, 6) is -0.130. The smallest absolute Gasteiger partial charge is 0.276 e. The van der Waals surface area contributed by atoms with Gasteiger partial charge in [-0.2, -0.15) is 5.10 Å². The van der Waals surface area contributed by atoms with Crippen molar-refractivity contribution in [1.29, 1.82) is 0 Å². The van der Waals surface area contributed by atoms with Gasteiger partial charge in [0.15, 0.2) is 5.69 Å². The topological polar surface area (TPSA) is 84.2 Å². The Kier molecular flexibility index (Phi) is 3.86. The van der Waals surface area contributed by atoms with E-state index < -0.39 is 0 Å². The summed E-state index contributed by atoms with van der Waals surface area (Å²) < 4.78 is 5.55. The van der Waals surface area contributed by atoms with E-state index in [-0.39, 0.29) is 12.0 Å². The van der Waals surface area contributed by atoms with Crippen molar-refractivity contribution in [2.75, 3.05) is 25.4 Å².